The maximum atomic E-state index is 10.4. The fourth-order valence-electron chi connectivity index (χ4n) is 1.44. The molecule has 10 nitrogen and oxygen atoms in total. The fraction of sp³-hybridized carbons (Fsp3) is 0.600. The molecule has 0 amide bonds. The molecule has 0 unspecified atom stereocenters. The molecule has 0 saturated carbocycles. The second kappa shape index (κ2) is 13.1. The van der Waals surface area contributed by atoms with Gasteiger partial charge >= 0.3 is 0 Å². The third kappa shape index (κ3) is 14.8. The van der Waals surface area contributed by atoms with Gasteiger partial charge in [-0.05, 0) is 0 Å². The predicted molar refractivity (Wildman–Crippen MR) is 67.4 cm³/mol. The number of hydrogen-bond donors (Lipinski definition) is 0. The van der Waals surface area contributed by atoms with Crippen LogP contribution in [0.5, 0.6) is 0 Å². The van der Waals surface area contributed by atoms with Crippen molar-refractivity contribution in [3.63, 3.8) is 0 Å². The molecule has 0 heterocycles. The van der Waals surface area contributed by atoms with Gasteiger partial charge in [-0.2, -0.15) is 0 Å². The van der Waals surface area contributed by atoms with Crippen LogP contribution in [-0.2, 0) is 19.2 Å². The molecule has 0 N–H and O–H groups in total. The van der Waals surface area contributed by atoms with Crippen molar-refractivity contribution in [2.24, 2.45) is 0 Å². The molecule has 0 bridgehead atoms. The van der Waals surface area contributed by atoms with E-state index in [-0.39, 0.29) is 37.9 Å². The molecule has 0 radical (unpaired) electrons. The number of nitrogens with zero attached hydrogens (tertiary/aromatic N) is 2. The van der Waals surface area contributed by atoms with E-state index in [0.717, 1.165) is 9.80 Å². The number of halogens is 2. The number of carboxylic acid groups (broad SMARTS) is 4. The van der Waals surface area contributed by atoms with Gasteiger partial charge in [0.2, 0.25) is 0 Å². The third-order valence-electron chi connectivity index (χ3n) is 2.14. The van der Waals surface area contributed by atoms with Gasteiger partial charge in [0.05, 0.1) is 23.9 Å². The van der Waals surface area contributed by atoms with Gasteiger partial charge in [-0.3, -0.25) is 9.80 Å². The lowest BCUT2D eigenvalue weighted by Crippen LogP contribution is -2.50. The van der Waals surface area contributed by atoms with Crippen LogP contribution >= 0.6 is 24.8 Å². The molecule has 0 aliphatic rings. The van der Waals surface area contributed by atoms with E-state index in [0.29, 0.717) is 0 Å². The first-order valence-electron chi connectivity index (χ1n) is 5.44. The summed E-state index contributed by atoms with van der Waals surface area (Å²) in [5.41, 5.74) is 0. The first-order valence-corrected chi connectivity index (χ1v) is 5.44. The minimum Gasteiger partial charge on any atom is -0.549 e. The fourth-order valence-corrected chi connectivity index (χ4v) is 1.44. The van der Waals surface area contributed by atoms with Crippen molar-refractivity contribution in [3.8, 4) is 0 Å². The SMILES string of the molecule is Cl.Cl.O=C([O-])CN(CCN(CC(=O)[O-])CC(=O)[O-])CC(=O)[O-]. The van der Waals surface area contributed by atoms with Crippen LogP contribution in [0.25, 0.3) is 0 Å². The average molecular weight is 361 g/mol. The molecule has 22 heavy (non-hydrogen) atoms. The Hall–Kier alpha value is -1.62. The van der Waals surface area contributed by atoms with Gasteiger partial charge in [-0.1, -0.05) is 0 Å². The number of carbonyl (C=O) groups excluding carboxylic acids is 4. The molecule has 130 valence electrons. The zero-order valence-corrected chi connectivity index (χ0v) is 12.9. The molecular formula is C10H14Cl2N2O8-4. The van der Waals surface area contributed by atoms with Crippen LogP contribution in [0.1, 0.15) is 0 Å². The number of carbonyl (C=O) groups is 4. The largest absolute Gasteiger partial charge is 0.549 e. The molecule has 0 spiro atoms. The van der Waals surface area contributed by atoms with Crippen molar-refractivity contribution < 1.29 is 39.6 Å². The van der Waals surface area contributed by atoms with E-state index in [4.69, 9.17) is 0 Å². The maximum absolute atomic E-state index is 10.4. The van der Waals surface area contributed by atoms with E-state index in [1.165, 1.54) is 0 Å². The number of hydrogen-bond acceptors (Lipinski definition) is 10. The summed E-state index contributed by atoms with van der Waals surface area (Å²) in [6.45, 7) is -3.25. The van der Waals surface area contributed by atoms with Crippen molar-refractivity contribution in [3.05, 3.63) is 0 Å². The van der Waals surface area contributed by atoms with Crippen molar-refractivity contribution in [1.82, 2.24) is 9.80 Å². The highest BCUT2D eigenvalue weighted by atomic mass is 35.5. The number of carboxylic acids is 4. The topological polar surface area (TPSA) is 167 Å². The van der Waals surface area contributed by atoms with Crippen LogP contribution in [0.15, 0.2) is 0 Å². The Labute approximate surface area is 138 Å². The Morgan fingerprint density at radius 2 is 0.727 bits per heavy atom. The van der Waals surface area contributed by atoms with Crippen molar-refractivity contribution in [2.75, 3.05) is 39.3 Å². The molecule has 0 fully saturated rings. The molecule has 0 atom stereocenters. The number of rotatable bonds is 11. The lowest BCUT2D eigenvalue weighted by molar-refractivity contribution is -0.314. The maximum Gasteiger partial charge on any atom is 0.0555 e. The quantitative estimate of drug-likeness (QED) is 0.345. The molecule has 0 aromatic rings. The van der Waals surface area contributed by atoms with Gasteiger partial charge < -0.3 is 39.6 Å². The highest BCUT2D eigenvalue weighted by molar-refractivity contribution is 5.85. The van der Waals surface area contributed by atoms with Gasteiger partial charge in [-0.25, -0.2) is 0 Å². The molecular weight excluding hydrogens is 347 g/mol. The van der Waals surface area contributed by atoms with Crippen LogP contribution in [0.3, 0.4) is 0 Å². The standard InChI is InChI=1S/C10H16N2O8.2ClH/c13-7(14)3-11(4-8(15)16)1-2-12(5-9(17)18)6-10(19)20;;/h1-6H2,(H,13,14)(H,15,16)(H,17,18)(H,19,20);2*1H/p-4. The Balaban J connectivity index is -0.00000180. The minimum absolute atomic E-state index is 0. The van der Waals surface area contributed by atoms with Gasteiger partial charge in [0.15, 0.2) is 0 Å². The molecule has 0 aliphatic carbocycles. The summed E-state index contributed by atoms with van der Waals surface area (Å²) in [5.74, 6) is -6.12. The van der Waals surface area contributed by atoms with Crippen molar-refractivity contribution in [1.29, 1.82) is 0 Å². The van der Waals surface area contributed by atoms with Crippen molar-refractivity contribution >= 4 is 48.7 Å². The summed E-state index contributed by atoms with van der Waals surface area (Å²) in [6, 6.07) is 0. The Morgan fingerprint density at radius 3 is 0.864 bits per heavy atom. The highest BCUT2D eigenvalue weighted by Crippen LogP contribution is 1.92. The zero-order chi connectivity index (χ0) is 15.7. The molecule has 0 rings (SSSR count). The van der Waals surface area contributed by atoms with E-state index >= 15 is 0 Å². The Bertz CT molecular complexity index is 325. The molecule has 12 heteroatoms. The molecule has 0 saturated heterocycles. The lowest BCUT2D eigenvalue weighted by Gasteiger charge is -2.28. The summed E-state index contributed by atoms with van der Waals surface area (Å²) in [4.78, 5) is 43.4. The summed E-state index contributed by atoms with van der Waals surface area (Å²) in [5, 5.41) is 41.6. The van der Waals surface area contributed by atoms with Crippen LogP contribution in [0.4, 0.5) is 0 Å². The second-order valence-corrected chi connectivity index (χ2v) is 3.91. The van der Waals surface area contributed by atoms with Gasteiger partial charge in [0.1, 0.15) is 0 Å². The molecule has 0 aromatic carbocycles. The Kier molecular flexibility index (Phi) is 15.1. The summed E-state index contributed by atoms with van der Waals surface area (Å²) in [6.07, 6.45) is 0. The van der Waals surface area contributed by atoms with Gasteiger partial charge in [-0.15, -0.1) is 24.8 Å². The van der Waals surface area contributed by atoms with Crippen LogP contribution < -0.4 is 20.4 Å². The average Bonchev–Trinajstić information content (AvgIpc) is 2.22. The lowest BCUT2D eigenvalue weighted by atomic mass is 10.4. The van der Waals surface area contributed by atoms with Gasteiger partial charge in [0, 0.05) is 39.3 Å². The summed E-state index contributed by atoms with van der Waals surface area (Å²) < 4.78 is 0. The predicted octanol–water partition coefficient (Wildman–Crippen LogP) is -6.57. The molecule has 0 aromatic heterocycles. The van der Waals surface area contributed by atoms with Crippen LogP contribution in [0, 0.1) is 0 Å². The smallest absolute Gasteiger partial charge is 0.0555 e. The number of aliphatic carboxylic acids is 4. The minimum atomic E-state index is -1.53. The van der Waals surface area contributed by atoms with Crippen LogP contribution in [0.2, 0.25) is 0 Å². The van der Waals surface area contributed by atoms with Crippen molar-refractivity contribution in [2.45, 2.75) is 0 Å². The van der Waals surface area contributed by atoms with E-state index in [9.17, 15) is 39.6 Å². The Morgan fingerprint density at radius 1 is 0.545 bits per heavy atom. The molecule has 0 aliphatic heterocycles. The first kappa shape index (κ1) is 25.3. The zero-order valence-electron chi connectivity index (χ0n) is 11.2. The highest BCUT2D eigenvalue weighted by Gasteiger charge is 2.10. The summed E-state index contributed by atoms with van der Waals surface area (Å²) >= 11 is 0. The summed E-state index contributed by atoms with van der Waals surface area (Å²) in [7, 11) is 0. The first-order chi connectivity index (χ1) is 9.20. The van der Waals surface area contributed by atoms with E-state index < -0.39 is 50.1 Å². The normalized spacial score (nSPS) is 9.73. The monoisotopic (exact) mass is 360 g/mol. The van der Waals surface area contributed by atoms with E-state index in [1.807, 2.05) is 0 Å². The van der Waals surface area contributed by atoms with E-state index in [1.54, 1.807) is 0 Å². The van der Waals surface area contributed by atoms with Crippen LogP contribution in [-0.4, -0.2) is 72.9 Å². The van der Waals surface area contributed by atoms with Gasteiger partial charge in [0.25, 0.3) is 0 Å². The second-order valence-electron chi connectivity index (χ2n) is 3.91. The third-order valence-corrected chi connectivity index (χ3v) is 2.14. The van der Waals surface area contributed by atoms with E-state index in [2.05, 4.69) is 0 Å².